The lowest BCUT2D eigenvalue weighted by Gasteiger charge is -2.11. The number of nitrogens with one attached hydrogen (secondary N) is 2. The average Bonchev–Trinajstić information content (AvgIpc) is 2.68. The van der Waals surface area contributed by atoms with Crippen molar-refractivity contribution in [3.63, 3.8) is 0 Å². The quantitative estimate of drug-likeness (QED) is 0.822. The molecule has 1 aliphatic heterocycles. The molecule has 2 N–H and O–H groups in total. The summed E-state index contributed by atoms with van der Waals surface area (Å²) in [6.45, 7) is 0. The van der Waals surface area contributed by atoms with Crippen molar-refractivity contribution in [3.05, 3.63) is 29.3 Å². The number of hydrogen-bond acceptors (Lipinski definition) is 2. The van der Waals surface area contributed by atoms with E-state index >= 15 is 0 Å². The first kappa shape index (κ1) is 11.0. The fourth-order valence-corrected chi connectivity index (χ4v) is 1.78. The van der Waals surface area contributed by atoms with E-state index in [1.807, 2.05) is 0 Å². The van der Waals surface area contributed by atoms with Crippen LogP contribution >= 0.6 is 11.6 Å². The molecule has 0 spiro atoms. The van der Waals surface area contributed by atoms with Gasteiger partial charge in [0.1, 0.15) is 6.04 Å². The Morgan fingerprint density at radius 3 is 2.81 bits per heavy atom. The van der Waals surface area contributed by atoms with Crippen LogP contribution in [0, 0.1) is 0 Å². The van der Waals surface area contributed by atoms with E-state index in [2.05, 4.69) is 10.6 Å². The zero-order valence-corrected chi connectivity index (χ0v) is 9.25. The highest BCUT2D eigenvalue weighted by Crippen LogP contribution is 2.21. The molecule has 1 aromatic carbocycles. The lowest BCUT2D eigenvalue weighted by Crippen LogP contribution is -2.37. The summed E-state index contributed by atoms with van der Waals surface area (Å²) in [5.41, 5.74) is 0.565. The van der Waals surface area contributed by atoms with Gasteiger partial charge in [-0.2, -0.15) is 0 Å². The number of carbonyl (C=O) groups excluding carboxylic acids is 2. The van der Waals surface area contributed by atoms with Crippen molar-refractivity contribution in [1.82, 2.24) is 5.32 Å². The number of carbonyl (C=O) groups is 2. The Bertz CT molecular complexity index is 434. The van der Waals surface area contributed by atoms with Gasteiger partial charge in [0.15, 0.2) is 0 Å². The van der Waals surface area contributed by atoms with Crippen molar-refractivity contribution in [2.24, 2.45) is 0 Å². The summed E-state index contributed by atoms with van der Waals surface area (Å²) in [7, 11) is 0. The summed E-state index contributed by atoms with van der Waals surface area (Å²) in [6, 6.07) is 6.55. The minimum atomic E-state index is -0.441. The Kier molecular flexibility index (Phi) is 3.10. The maximum atomic E-state index is 11.7. The van der Waals surface area contributed by atoms with E-state index in [4.69, 9.17) is 11.6 Å². The summed E-state index contributed by atoms with van der Waals surface area (Å²) >= 11 is 5.90. The van der Waals surface area contributed by atoms with E-state index in [1.54, 1.807) is 24.3 Å². The molecule has 0 radical (unpaired) electrons. The Morgan fingerprint density at radius 1 is 1.44 bits per heavy atom. The van der Waals surface area contributed by atoms with Crippen LogP contribution in [0.5, 0.6) is 0 Å². The molecule has 16 heavy (non-hydrogen) atoms. The van der Waals surface area contributed by atoms with Crippen LogP contribution in [0.25, 0.3) is 0 Å². The molecule has 0 saturated carbocycles. The highest BCUT2D eigenvalue weighted by Gasteiger charge is 2.27. The SMILES string of the molecule is O=C1CC[C@@H](C(=O)Nc2ccccc2Cl)N1. The van der Waals surface area contributed by atoms with Crippen LogP contribution in [-0.2, 0) is 9.59 Å². The van der Waals surface area contributed by atoms with Gasteiger partial charge < -0.3 is 10.6 Å². The summed E-state index contributed by atoms with van der Waals surface area (Å²) in [4.78, 5) is 22.7. The van der Waals surface area contributed by atoms with Crippen LogP contribution in [-0.4, -0.2) is 17.9 Å². The van der Waals surface area contributed by atoms with Gasteiger partial charge in [-0.05, 0) is 18.6 Å². The predicted molar refractivity (Wildman–Crippen MR) is 61.2 cm³/mol. The summed E-state index contributed by atoms with van der Waals surface area (Å²) in [5, 5.41) is 5.77. The smallest absolute Gasteiger partial charge is 0.247 e. The molecule has 0 bridgehead atoms. The average molecular weight is 239 g/mol. The molecule has 5 heteroatoms. The molecule has 0 aliphatic carbocycles. The van der Waals surface area contributed by atoms with Gasteiger partial charge in [-0.1, -0.05) is 23.7 Å². The van der Waals surface area contributed by atoms with Crippen LogP contribution in [0.1, 0.15) is 12.8 Å². The molecule has 1 heterocycles. The Labute approximate surface area is 98.0 Å². The number of para-hydroxylation sites is 1. The van der Waals surface area contributed by atoms with Crippen LogP contribution in [0.3, 0.4) is 0 Å². The molecule has 1 aromatic rings. The number of amides is 2. The number of halogens is 1. The van der Waals surface area contributed by atoms with Crippen molar-refractivity contribution < 1.29 is 9.59 Å². The molecule has 1 aliphatic rings. The highest BCUT2D eigenvalue weighted by molar-refractivity contribution is 6.33. The van der Waals surface area contributed by atoms with Crippen LogP contribution < -0.4 is 10.6 Å². The molecule has 1 saturated heterocycles. The van der Waals surface area contributed by atoms with Crippen molar-refractivity contribution in [2.75, 3.05) is 5.32 Å². The third kappa shape index (κ3) is 2.33. The molecule has 1 atom stereocenters. The van der Waals surface area contributed by atoms with Crippen molar-refractivity contribution in [3.8, 4) is 0 Å². The molecule has 84 valence electrons. The fourth-order valence-electron chi connectivity index (χ4n) is 1.59. The van der Waals surface area contributed by atoms with E-state index in [0.29, 0.717) is 23.6 Å². The predicted octanol–water partition coefficient (Wildman–Crippen LogP) is 1.56. The number of rotatable bonds is 2. The van der Waals surface area contributed by atoms with E-state index in [9.17, 15) is 9.59 Å². The third-order valence-corrected chi connectivity index (χ3v) is 2.77. The van der Waals surface area contributed by atoms with E-state index in [0.717, 1.165) is 0 Å². The second-order valence-electron chi connectivity index (χ2n) is 3.63. The molecule has 2 rings (SSSR count). The molecule has 0 aromatic heterocycles. The van der Waals surface area contributed by atoms with E-state index in [-0.39, 0.29) is 11.8 Å². The van der Waals surface area contributed by atoms with Gasteiger partial charge in [-0.15, -0.1) is 0 Å². The van der Waals surface area contributed by atoms with E-state index in [1.165, 1.54) is 0 Å². The largest absolute Gasteiger partial charge is 0.344 e. The monoisotopic (exact) mass is 238 g/mol. The zero-order chi connectivity index (χ0) is 11.5. The van der Waals surface area contributed by atoms with Crippen molar-refractivity contribution in [1.29, 1.82) is 0 Å². The van der Waals surface area contributed by atoms with Gasteiger partial charge in [0.2, 0.25) is 11.8 Å². The minimum absolute atomic E-state index is 0.0840. The van der Waals surface area contributed by atoms with Crippen molar-refractivity contribution in [2.45, 2.75) is 18.9 Å². The summed E-state index contributed by atoms with van der Waals surface area (Å²) in [5.74, 6) is -0.307. The van der Waals surface area contributed by atoms with Gasteiger partial charge in [0.05, 0.1) is 10.7 Å². The Morgan fingerprint density at radius 2 is 2.19 bits per heavy atom. The first-order valence-electron chi connectivity index (χ1n) is 5.01. The fraction of sp³-hybridized carbons (Fsp3) is 0.273. The first-order chi connectivity index (χ1) is 7.66. The van der Waals surface area contributed by atoms with Gasteiger partial charge in [-0.3, -0.25) is 9.59 Å². The van der Waals surface area contributed by atoms with Crippen LogP contribution in [0.4, 0.5) is 5.69 Å². The second kappa shape index (κ2) is 4.53. The molecular weight excluding hydrogens is 228 g/mol. The Hall–Kier alpha value is -1.55. The van der Waals surface area contributed by atoms with Crippen LogP contribution in [0.2, 0.25) is 5.02 Å². The second-order valence-corrected chi connectivity index (χ2v) is 4.04. The lowest BCUT2D eigenvalue weighted by atomic mass is 10.2. The van der Waals surface area contributed by atoms with E-state index < -0.39 is 6.04 Å². The standard InChI is InChI=1S/C11H11ClN2O2/c12-7-3-1-2-4-8(7)14-11(16)9-5-6-10(15)13-9/h1-4,9H,5-6H2,(H,13,15)(H,14,16)/t9-/m0/s1. The maximum Gasteiger partial charge on any atom is 0.247 e. The summed E-state index contributed by atoms with van der Waals surface area (Å²) in [6.07, 6.45) is 0.940. The molecule has 0 unspecified atom stereocenters. The number of benzene rings is 1. The summed E-state index contributed by atoms with van der Waals surface area (Å²) < 4.78 is 0. The van der Waals surface area contributed by atoms with Gasteiger partial charge >= 0.3 is 0 Å². The molecule has 4 nitrogen and oxygen atoms in total. The Balaban J connectivity index is 2.03. The minimum Gasteiger partial charge on any atom is -0.344 e. The lowest BCUT2D eigenvalue weighted by molar-refractivity contribution is -0.122. The van der Waals surface area contributed by atoms with Crippen LogP contribution in [0.15, 0.2) is 24.3 Å². The zero-order valence-electron chi connectivity index (χ0n) is 8.50. The van der Waals surface area contributed by atoms with Crippen molar-refractivity contribution >= 4 is 29.1 Å². The van der Waals surface area contributed by atoms with Gasteiger partial charge in [-0.25, -0.2) is 0 Å². The third-order valence-electron chi connectivity index (χ3n) is 2.44. The normalized spacial score (nSPS) is 19.3. The van der Waals surface area contributed by atoms with Gasteiger partial charge in [0.25, 0.3) is 0 Å². The molecule has 1 fully saturated rings. The number of anilines is 1. The maximum absolute atomic E-state index is 11.7. The molecule has 2 amide bonds. The molecular formula is C11H11ClN2O2. The first-order valence-corrected chi connectivity index (χ1v) is 5.39. The highest BCUT2D eigenvalue weighted by atomic mass is 35.5. The van der Waals surface area contributed by atoms with Gasteiger partial charge in [0, 0.05) is 6.42 Å². The topological polar surface area (TPSA) is 58.2 Å². The number of hydrogen-bond donors (Lipinski definition) is 2.